The molecule has 5 aliphatic rings. The molecule has 3 aromatic rings. The fraction of sp³-hybridized carbons (Fsp3) is 0.588. The standard InChI is InChI=1S/C34H40F2N2O3/c35-34(36)17-28(34)33(41)16-24-15-27(33)30-29(24)31(39)38(32(30)40)19-23-8-3-7-22(23)18-37-13-11-21(12-14-37)26-10-4-6-20-5-1-2-9-25(20)26/h1-2,4-6,9-10,21-24,27-28,39-41H,3,7-8,11-19H2/t22-,23-,24?,27?,28?,33?/m1/s1. The zero-order valence-corrected chi connectivity index (χ0v) is 23.5. The molecular weight excluding hydrogens is 522 g/mol. The van der Waals surface area contributed by atoms with Crippen LogP contribution in [0, 0.1) is 17.8 Å². The third-order valence-corrected chi connectivity index (χ3v) is 11.7. The van der Waals surface area contributed by atoms with E-state index >= 15 is 0 Å². The number of benzene rings is 2. The van der Waals surface area contributed by atoms with E-state index in [1.807, 2.05) is 0 Å². The molecule has 3 N–H and O–H groups in total. The number of nitrogens with zero attached hydrogens (tertiary/aromatic N) is 2. The topological polar surface area (TPSA) is 68.9 Å². The summed E-state index contributed by atoms with van der Waals surface area (Å²) >= 11 is 0. The quantitative estimate of drug-likeness (QED) is 0.312. The first-order valence-electron chi connectivity index (χ1n) is 15.7. The molecule has 1 saturated heterocycles. The molecule has 6 atom stereocenters. The van der Waals surface area contributed by atoms with Crippen molar-refractivity contribution < 1.29 is 24.1 Å². The van der Waals surface area contributed by atoms with Gasteiger partial charge in [0.05, 0.1) is 11.5 Å². The lowest BCUT2D eigenvalue weighted by Gasteiger charge is -2.35. The number of piperidine rings is 1. The molecule has 4 fully saturated rings. The van der Waals surface area contributed by atoms with E-state index in [1.165, 1.54) is 16.3 Å². The Labute approximate surface area is 239 Å². The fourth-order valence-corrected chi connectivity index (χ4v) is 9.58. The highest BCUT2D eigenvalue weighted by atomic mass is 19.3. The van der Waals surface area contributed by atoms with Gasteiger partial charge in [-0.1, -0.05) is 48.9 Å². The van der Waals surface area contributed by atoms with Gasteiger partial charge in [0.25, 0.3) is 5.92 Å². The monoisotopic (exact) mass is 562 g/mol. The van der Waals surface area contributed by atoms with E-state index in [9.17, 15) is 24.1 Å². The number of alkyl halides is 2. The minimum Gasteiger partial charge on any atom is -0.494 e. The van der Waals surface area contributed by atoms with Crippen LogP contribution in [0.15, 0.2) is 42.5 Å². The third kappa shape index (κ3) is 3.98. The Balaban J connectivity index is 0.946. The van der Waals surface area contributed by atoms with Crippen LogP contribution >= 0.6 is 0 Å². The third-order valence-electron chi connectivity index (χ3n) is 11.7. The van der Waals surface area contributed by atoms with E-state index in [1.54, 1.807) is 4.57 Å². The van der Waals surface area contributed by atoms with Crippen LogP contribution in [0.2, 0.25) is 0 Å². The van der Waals surface area contributed by atoms with Crippen molar-refractivity contribution in [1.29, 1.82) is 0 Å². The summed E-state index contributed by atoms with van der Waals surface area (Å²) in [6.45, 7) is 3.74. The number of rotatable bonds is 6. The van der Waals surface area contributed by atoms with Crippen LogP contribution in [0.5, 0.6) is 11.8 Å². The highest BCUT2D eigenvalue weighted by Gasteiger charge is 2.72. The van der Waals surface area contributed by atoms with Crippen molar-refractivity contribution in [2.75, 3.05) is 19.6 Å². The van der Waals surface area contributed by atoms with Gasteiger partial charge < -0.3 is 20.2 Å². The van der Waals surface area contributed by atoms with E-state index in [4.69, 9.17) is 0 Å². The van der Waals surface area contributed by atoms with Crippen molar-refractivity contribution in [2.45, 2.75) is 87.2 Å². The van der Waals surface area contributed by atoms with Crippen LogP contribution in [0.25, 0.3) is 10.8 Å². The van der Waals surface area contributed by atoms with E-state index in [0.717, 1.165) is 51.7 Å². The van der Waals surface area contributed by atoms with Crippen molar-refractivity contribution in [3.63, 3.8) is 0 Å². The van der Waals surface area contributed by atoms with Gasteiger partial charge in [-0.2, -0.15) is 0 Å². The summed E-state index contributed by atoms with van der Waals surface area (Å²) in [7, 11) is 0. The molecular formula is C34H40F2N2O3. The number of aromatic nitrogens is 1. The first-order valence-corrected chi connectivity index (χ1v) is 15.7. The molecule has 5 nitrogen and oxygen atoms in total. The fourth-order valence-electron chi connectivity index (χ4n) is 9.58. The molecule has 4 unspecified atom stereocenters. The smallest absolute Gasteiger partial charge is 0.254 e. The normalized spacial score (nSPS) is 34.5. The van der Waals surface area contributed by atoms with Gasteiger partial charge in [0.1, 0.15) is 0 Å². The van der Waals surface area contributed by atoms with Crippen LogP contribution < -0.4 is 0 Å². The summed E-state index contributed by atoms with van der Waals surface area (Å²) in [5, 5.41) is 36.5. The van der Waals surface area contributed by atoms with Gasteiger partial charge in [0.15, 0.2) is 11.8 Å². The number of hydrogen-bond acceptors (Lipinski definition) is 4. The summed E-state index contributed by atoms with van der Waals surface area (Å²) in [6, 6.07) is 15.4. The average molecular weight is 563 g/mol. The molecule has 0 radical (unpaired) electrons. The number of fused-ring (bicyclic) bond motifs is 6. The lowest BCUT2D eigenvalue weighted by Crippen LogP contribution is -2.38. The minimum atomic E-state index is -2.82. The lowest BCUT2D eigenvalue weighted by molar-refractivity contribution is -0.0399. The van der Waals surface area contributed by atoms with Crippen molar-refractivity contribution in [3.8, 4) is 11.8 Å². The second-order valence-electron chi connectivity index (χ2n) is 13.9. The first-order chi connectivity index (χ1) is 19.7. The maximum absolute atomic E-state index is 14.0. The number of halogens is 2. The van der Waals surface area contributed by atoms with Gasteiger partial charge in [-0.05, 0) is 91.6 Å². The SMILES string of the molecule is Oc1c2c(c(O)n1C[C@H]1CCC[C@@H]1CN1CCC(c3cccc4ccccc34)CC1)C1CC2CC1(O)C1CC1(F)F. The summed E-state index contributed by atoms with van der Waals surface area (Å²) in [6.07, 6.45) is 6.18. The Morgan fingerprint density at radius 2 is 1.49 bits per heavy atom. The van der Waals surface area contributed by atoms with Gasteiger partial charge in [0, 0.05) is 36.6 Å². The summed E-state index contributed by atoms with van der Waals surface area (Å²) in [5.41, 5.74) is 1.23. The molecule has 8 rings (SSSR count). The molecule has 1 aromatic heterocycles. The Hall–Kier alpha value is -2.64. The van der Waals surface area contributed by atoms with Crippen molar-refractivity contribution in [2.24, 2.45) is 17.8 Å². The van der Waals surface area contributed by atoms with Crippen LogP contribution in [-0.4, -0.2) is 55.9 Å². The lowest BCUT2D eigenvalue weighted by atomic mass is 9.78. The van der Waals surface area contributed by atoms with Crippen molar-refractivity contribution in [3.05, 3.63) is 59.2 Å². The molecule has 4 aliphatic carbocycles. The highest BCUT2D eigenvalue weighted by Crippen LogP contribution is 2.71. The van der Waals surface area contributed by atoms with Gasteiger partial charge in [-0.15, -0.1) is 0 Å². The van der Waals surface area contributed by atoms with Gasteiger partial charge in [-0.3, -0.25) is 4.57 Å². The Kier molecular flexibility index (Phi) is 5.83. The van der Waals surface area contributed by atoms with Crippen LogP contribution in [0.1, 0.15) is 85.8 Å². The number of hydrogen-bond donors (Lipinski definition) is 3. The molecule has 41 heavy (non-hydrogen) atoms. The maximum Gasteiger partial charge on any atom is 0.254 e. The molecule has 2 bridgehead atoms. The number of aliphatic hydroxyl groups is 1. The number of likely N-dealkylation sites (tertiary alicyclic amines) is 1. The van der Waals surface area contributed by atoms with E-state index < -0.39 is 23.4 Å². The zero-order valence-electron chi connectivity index (χ0n) is 23.5. The second-order valence-corrected chi connectivity index (χ2v) is 13.9. The molecule has 3 saturated carbocycles. The van der Waals surface area contributed by atoms with Crippen LogP contribution in [-0.2, 0) is 6.54 Å². The number of aromatic hydroxyl groups is 2. The predicted octanol–water partition coefficient (Wildman–Crippen LogP) is 6.71. The largest absolute Gasteiger partial charge is 0.494 e. The Morgan fingerprint density at radius 3 is 2.24 bits per heavy atom. The average Bonchev–Trinajstić information content (AvgIpc) is 3.36. The molecule has 7 heteroatoms. The molecule has 2 aromatic carbocycles. The Bertz CT molecular complexity index is 1490. The molecule has 218 valence electrons. The van der Waals surface area contributed by atoms with E-state index in [2.05, 4.69) is 47.4 Å². The summed E-state index contributed by atoms with van der Waals surface area (Å²) < 4.78 is 29.6. The summed E-state index contributed by atoms with van der Waals surface area (Å²) in [5.74, 6) is -3.02. The first kappa shape index (κ1) is 26.0. The molecule has 0 amide bonds. The highest BCUT2D eigenvalue weighted by molar-refractivity contribution is 5.86. The van der Waals surface area contributed by atoms with E-state index in [0.29, 0.717) is 41.8 Å². The van der Waals surface area contributed by atoms with Gasteiger partial charge >= 0.3 is 0 Å². The molecule has 0 spiro atoms. The van der Waals surface area contributed by atoms with Crippen molar-refractivity contribution >= 4 is 10.8 Å². The predicted molar refractivity (Wildman–Crippen MR) is 154 cm³/mol. The van der Waals surface area contributed by atoms with Crippen LogP contribution in [0.4, 0.5) is 8.78 Å². The van der Waals surface area contributed by atoms with Crippen LogP contribution in [0.3, 0.4) is 0 Å². The maximum atomic E-state index is 14.0. The zero-order chi connectivity index (χ0) is 28.1. The molecule has 2 heterocycles. The Morgan fingerprint density at radius 1 is 0.805 bits per heavy atom. The summed E-state index contributed by atoms with van der Waals surface area (Å²) in [4.78, 5) is 2.61. The van der Waals surface area contributed by atoms with Gasteiger partial charge in [0.2, 0.25) is 0 Å². The van der Waals surface area contributed by atoms with E-state index in [-0.39, 0.29) is 30.5 Å². The van der Waals surface area contributed by atoms with Crippen molar-refractivity contribution in [1.82, 2.24) is 9.47 Å². The second kappa shape index (κ2) is 9.18. The van der Waals surface area contributed by atoms with Gasteiger partial charge in [-0.25, -0.2) is 8.78 Å². The molecule has 1 aliphatic heterocycles. The minimum absolute atomic E-state index is 0.00589.